The van der Waals surface area contributed by atoms with Crippen LogP contribution in [0.4, 0.5) is 0 Å². The summed E-state index contributed by atoms with van der Waals surface area (Å²) in [5.74, 6) is 1.12. The number of carbonyl (C=O) groups is 2. The number of carbonyl (C=O) groups excluding carboxylic acids is 2. The first-order chi connectivity index (χ1) is 20.1. The summed E-state index contributed by atoms with van der Waals surface area (Å²) < 4.78 is 5.71. The predicted molar refractivity (Wildman–Crippen MR) is 198 cm³/mol. The average Bonchev–Trinajstić information content (AvgIpc) is 2.90. The minimum atomic E-state index is -0.810. The van der Waals surface area contributed by atoms with E-state index in [1.807, 2.05) is 27.7 Å². The van der Waals surface area contributed by atoms with E-state index in [0.29, 0.717) is 17.6 Å². The van der Waals surface area contributed by atoms with E-state index < -0.39 is 11.5 Å². The fourth-order valence-corrected chi connectivity index (χ4v) is 5.60. The molecule has 6 nitrogen and oxygen atoms in total. The van der Waals surface area contributed by atoms with Gasteiger partial charge in [-0.05, 0) is 65.4 Å². The summed E-state index contributed by atoms with van der Waals surface area (Å²) in [7, 11) is 1.00. The Balaban J connectivity index is -0.000000733. The third-order valence-corrected chi connectivity index (χ3v) is 10.7. The molecule has 3 N–H and O–H groups in total. The van der Waals surface area contributed by atoms with Gasteiger partial charge in [-0.2, -0.15) is 11.8 Å². The van der Waals surface area contributed by atoms with Gasteiger partial charge in [0, 0.05) is 25.4 Å². The average molecular weight is 665 g/mol. The van der Waals surface area contributed by atoms with Gasteiger partial charge in [-0.3, -0.25) is 9.59 Å². The van der Waals surface area contributed by atoms with E-state index in [1.54, 1.807) is 18.7 Å². The van der Waals surface area contributed by atoms with Gasteiger partial charge in [0.25, 0.3) is 0 Å². The van der Waals surface area contributed by atoms with Crippen molar-refractivity contribution in [2.75, 3.05) is 31.8 Å². The normalized spacial score (nSPS) is 15.8. The number of ether oxygens (including phenoxy) is 1. The maximum absolute atomic E-state index is 13.5. The molecule has 4 unspecified atom stereocenters. The summed E-state index contributed by atoms with van der Waals surface area (Å²) in [6.45, 7) is 39.9. The Hall–Kier alpha value is -0.630. The smallest absolute Gasteiger partial charge is 0.312 e. The third-order valence-electron chi connectivity index (χ3n) is 9.32. The van der Waals surface area contributed by atoms with Gasteiger partial charge in [0.15, 0.2) is 0 Å². The molecule has 0 fully saturated rings. The van der Waals surface area contributed by atoms with Crippen LogP contribution in [0.3, 0.4) is 0 Å². The van der Waals surface area contributed by atoms with Crippen molar-refractivity contribution in [2.45, 2.75) is 157 Å². The molecule has 45 heavy (non-hydrogen) atoms. The van der Waals surface area contributed by atoms with Gasteiger partial charge >= 0.3 is 5.97 Å². The van der Waals surface area contributed by atoms with Gasteiger partial charge in [0.1, 0.15) is 12.4 Å². The van der Waals surface area contributed by atoms with Crippen molar-refractivity contribution in [3.63, 3.8) is 0 Å². The summed E-state index contributed by atoms with van der Waals surface area (Å²) in [6.07, 6.45) is 1.86. The van der Waals surface area contributed by atoms with Crippen molar-refractivity contribution in [2.24, 2.45) is 44.3 Å². The maximum Gasteiger partial charge on any atom is 0.312 e. The molecule has 0 saturated heterocycles. The summed E-state index contributed by atoms with van der Waals surface area (Å²) >= 11 is 1.55. The Labute approximate surface area is 285 Å². The summed E-state index contributed by atoms with van der Waals surface area (Å²) in [5, 5.41) is 26.5. The van der Waals surface area contributed by atoms with Crippen LogP contribution in [-0.4, -0.2) is 65.0 Å². The molecule has 0 aliphatic rings. The van der Waals surface area contributed by atoms with Crippen molar-refractivity contribution < 1.29 is 29.6 Å². The maximum atomic E-state index is 13.5. The number of hydrogen-bond acceptors (Lipinski definition) is 7. The van der Waals surface area contributed by atoms with Crippen molar-refractivity contribution in [3.05, 3.63) is 0 Å². The van der Waals surface area contributed by atoms with Crippen LogP contribution in [0.25, 0.3) is 0 Å². The molecule has 4 atom stereocenters. The lowest BCUT2D eigenvalue weighted by molar-refractivity contribution is -0.170. The second-order valence-electron chi connectivity index (χ2n) is 17.3. The minimum absolute atomic E-state index is 0.0130. The summed E-state index contributed by atoms with van der Waals surface area (Å²) in [5.41, 5.74) is -1.33. The Morgan fingerprint density at radius 2 is 1.22 bits per heavy atom. The molecule has 0 bridgehead atoms. The molecule has 0 aliphatic carbocycles. The molecule has 0 aromatic carbocycles. The predicted octanol–water partition coefficient (Wildman–Crippen LogP) is 9.47. The lowest BCUT2D eigenvalue weighted by Gasteiger charge is -2.53. The molecule has 0 aromatic heterocycles. The van der Waals surface area contributed by atoms with Gasteiger partial charge in [0.2, 0.25) is 0 Å². The van der Waals surface area contributed by atoms with E-state index in [0.717, 1.165) is 19.3 Å². The first-order valence-electron chi connectivity index (χ1n) is 17.1. The Kier molecular flexibility index (Phi) is 25.1. The topological polar surface area (TPSA) is 104 Å². The van der Waals surface area contributed by atoms with E-state index in [9.17, 15) is 14.7 Å². The molecule has 0 spiro atoms. The molecular weight excluding hydrogens is 584 g/mol. The zero-order chi connectivity index (χ0) is 37.3. The van der Waals surface area contributed by atoms with E-state index in [4.69, 9.17) is 14.9 Å². The van der Waals surface area contributed by atoms with Crippen molar-refractivity contribution >= 4 is 23.5 Å². The van der Waals surface area contributed by atoms with E-state index in [2.05, 4.69) is 96.9 Å². The number of Topliss-reactive ketones (excluding diaryl/α,β-unsaturated/α-hetero) is 1. The minimum Gasteiger partial charge on any atom is -0.462 e. The lowest BCUT2D eigenvalue weighted by atomic mass is 9.51. The van der Waals surface area contributed by atoms with Crippen LogP contribution in [0.2, 0.25) is 0 Å². The van der Waals surface area contributed by atoms with Gasteiger partial charge in [-0.1, -0.05) is 124 Å². The van der Waals surface area contributed by atoms with E-state index >= 15 is 0 Å². The van der Waals surface area contributed by atoms with Crippen molar-refractivity contribution in [1.82, 2.24) is 0 Å². The first kappa shape index (κ1) is 51.2. The summed E-state index contributed by atoms with van der Waals surface area (Å²) in [4.78, 5) is 26.3. The largest absolute Gasteiger partial charge is 0.462 e. The van der Waals surface area contributed by atoms with Crippen LogP contribution in [-0.2, 0) is 14.3 Å². The summed E-state index contributed by atoms with van der Waals surface area (Å²) in [6, 6.07) is 0. The lowest BCUT2D eigenvalue weighted by Crippen LogP contribution is -2.51. The Morgan fingerprint density at radius 3 is 1.53 bits per heavy atom. The highest BCUT2D eigenvalue weighted by Gasteiger charge is 2.54. The number of rotatable bonds is 14. The fraction of sp³-hybridized carbons (Fsp3) is 0.947. The number of esters is 1. The van der Waals surface area contributed by atoms with Crippen LogP contribution >= 0.6 is 11.8 Å². The zero-order valence-corrected chi connectivity index (χ0v) is 34.5. The van der Waals surface area contributed by atoms with Crippen molar-refractivity contribution in [3.8, 4) is 0 Å². The van der Waals surface area contributed by atoms with Gasteiger partial charge in [-0.15, -0.1) is 0 Å². The third kappa shape index (κ3) is 20.4. The molecule has 274 valence electrons. The molecular formula is C38H80O6S. The fourth-order valence-electron chi connectivity index (χ4n) is 4.58. The molecule has 0 aromatic rings. The Morgan fingerprint density at radius 1 is 0.800 bits per heavy atom. The Bertz CT molecular complexity index is 786. The van der Waals surface area contributed by atoms with Gasteiger partial charge in [0.05, 0.1) is 11.5 Å². The second kappa shape index (κ2) is 22.1. The van der Waals surface area contributed by atoms with E-state index in [-0.39, 0.29) is 58.5 Å². The van der Waals surface area contributed by atoms with Crippen LogP contribution < -0.4 is 0 Å². The molecule has 0 saturated carbocycles. The number of hydrogen-bond donors (Lipinski definition) is 3. The number of aliphatic hydroxyl groups is 3. The number of ketones is 1. The molecule has 0 heterocycles. The van der Waals surface area contributed by atoms with Gasteiger partial charge in [-0.25, -0.2) is 0 Å². The van der Waals surface area contributed by atoms with Crippen LogP contribution in [0.15, 0.2) is 0 Å². The SMILES string of the molecule is CC.CC(=O)C(CC(C)(C)C)C(C)(C)C(C)(C)CC(C)(C(=O)OCC(O)CSCC(C)CO)C(C)(C)C.CCC(C)(C)C.CO. The number of aliphatic hydroxyl groups excluding tert-OH is 3. The highest BCUT2D eigenvalue weighted by Crippen LogP contribution is 2.57. The van der Waals surface area contributed by atoms with E-state index in [1.165, 1.54) is 6.42 Å². The molecule has 0 radical (unpaired) electrons. The highest BCUT2D eigenvalue weighted by molar-refractivity contribution is 7.99. The standard InChI is InChI=1S/C29H56O5S.C6H14.C2H6.CH4O/c1-20(15-30)17-35-18-22(32)16-34-24(33)29(13,26(6,7)8)19-27(9,10)28(11,12)23(21(2)31)14-25(3,4)5;1-5-6(2,3)4;2*1-2/h20,22-23,30,32H,14-19H2,1-13H3;5H2,1-4H3;1-2H3;2H,1H3. The zero-order valence-electron chi connectivity index (χ0n) is 33.7. The molecule has 0 rings (SSSR count). The molecule has 0 aliphatic heterocycles. The highest BCUT2D eigenvalue weighted by atomic mass is 32.2. The monoisotopic (exact) mass is 665 g/mol. The van der Waals surface area contributed by atoms with Crippen molar-refractivity contribution in [1.29, 1.82) is 0 Å². The van der Waals surface area contributed by atoms with Crippen LogP contribution in [0.1, 0.15) is 151 Å². The number of thioether (sulfide) groups is 1. The van der Waals surface area contributed by atoms with Crippen LogP contribution in [0, 0.1) is 44.3 Å². The second-order valence-corrected chi connectivity index (χ2v) is 18.4. The molecule has 7 heteroatoms. The van der Waals surface area contributed by atoms with Gasteiger partial charge < -0.3 is 20.1 Å². The molecule has 0 amide bonds. The van der Waals surface area contributed by atoms with Crippen LogP contribution in [0.5, 0.6) is 0 Å². The quantitative estimate of drug-likeness (QED) is 0.159. The first-order valence-corrected chi connectivity index (χ1v) is 18.2.